The maximum Gasteiger partial charge on any atom is 0.416 e. The number of hydrogen-bond donors (Lipinski definition) is 1. The van der Waals surface area contributed by atoms with E-state index in [1.54, 1.807) is 4.72 Å². The maximum absolute atomic E-state index is 14.5. The van der Waals surface area contributed by atoms with Gasteiger partial charge in [-0.3, -0.25) is 14.5 Å². The highest BCUT2D eigenvalue weighted by Crippen LogP contribution is 2.33. The molecule has 1 saturated heterocycles. The average molecular weight is 503 g/mol. The largest absolute Gasteiger partial charge is 0.416 e. The first kappa shape index (κ1) is 25.8. The van der Waals surface area contributed by atoms with Crippen LogP contribution in [-0.2, 0) is 15.0 Å². The third-order valence-corrected chi connectivity index (χ3v) is 6.68. The molecule has 0 bridgehead atoms. The number of benzene rings is 1. The number of nitrogens with zero attached hydrogens (tertiary/aromatic N) is 3. The standard InChI is InChI=1S/C17H19ClF4N4O5S/c1-8(2)25(4)32(30,31)23-15(28)9-5-12(11(19)6-10(9)18)26-7-13(27)14(17(20,21)22)24(3)16(26)29/h5-6,8,14H,7H2,1-4H3,(H,23,28). The lowest BCUT2D eigenvalue weighted by atomic mass is 10.1. The predicted molar refractivity (Wildman–Crippen MR) is 106 cm³/mol. The molecule has 9 nitrogen and oxygen atoms in total. The Morgan fingerprint density at radius 1 is 1.28 bits per heavy atom. The van der Waals surface area contributed by atoms with Crippen LogP contribution in [0.5, 0.6) is 0 Å². The highest BCUT2D eigenvalue weighted by atomic mass is 35.5. The number of ketones is 1. The molecule has 1 aromatic rings. The molecule has 1 aromatic carbocycles. The van der Waals surface area contributed by atoms with E-state index in [0.29, 0.717) is 17.0 Å². The summed E-state index contributed by atoms with van der Waals surface area (Å²) < 4.78 is 80.8. The molecule has 2 rings (SSSR count). The van der Waals surface area contributed by atoms with Gasteiger partial charge in [0.15, 0.2) is 11.8 Å². The van der Waals surface area contributed by atoms with Crippen molar-refractivity contribution < 1.29 is 40.4 Å². The summed E-state index contributed by atoms with van der Waals surface area (Å²) in [6.45, 7) is 1.95. The number of carbonyl (C=O) groups is 3. The van der Waals surface area contributed by atoms with Crippen molar-refractivity contribution in [3.05, 3.63) is 28.5 Å². The molecule has 0 aliphatic carbocycles. The molecule has 0 spiro atoms. The van der Waals surface area contributed by atoms with Gasteiger partial charge < -0.3 is 4.90 Å². The Bertz CT molecular complexity index is 1060. The lowest BCUT2D eigenvalue weighted by Gasteiger charge is -2.38. The summed E-state index contributed by atoms with van der Waals surface area (Å²) in [7, 11) is -2.39. The first-order valence-electron chi connectivity index (χ1n) is 8.92. The van der Waals surface area contributed by atoms with Crippen molar-refractivity contribution in [2.45, 2.75) is 32.1 Å². The van der Waals surface area contributed by atoms with Gasteiger partial charge in [0, 0.05) is 20.1 Å². The number of urea groups is 1. The number of rotatable bonds is 5. The van der Waals surface area contributed by atoms with Crippen LogP contribution in [0, 0.1) is 5.82 Å². The molecule has 32 heavy (non-hydrogen) atoms. The van der Waals surface area contributed by atoms with Gasteiger partial charge in [-0.05, 0) is 26.0 Å². The minimum atomic E-state index is -5.03. The Kier molecular flexibility index (Phi) is 7.12. The van der Waals surface area contributed by atoms with E-state index >= 15 is 0 Å². The van der Waals surface area contributed by atoms with Crippen LogP contribution in [0.4, 0.5) is 28.0 Å². The van der Waals surface area contributed by atoms with E-state index in [9.17, 15) is 40.4 Å². The van der Waals surface area contributed by atoms with E-state index in [1.165, 1.54) is 20.9 Å². The van der Waals surface area contributed by atoms with E-state index in [0.717, 1.165) is 11.4 Å². The highest BCUT2D eigenvalue weighted by molar-refractivity contribution is 7.87. The maximum atomic E-state index is 14.5. The quantitative estimate of drug-likeness (QED) is 0.621. The molecular weight excluding hydrogens is 484 g/mol. The topological polar surface area (TPSA) is 107 Å². The second-order valence-electron chi connectivity index (χ2n) is 7.22. The summed E-state index contributed by atoms with van der Waals surface area (Å²) in [5.74, 6) is -3.92. The third-order valence-electron chi connectivity index (χ3n) is 4.75. The molecule has 0 saturated carbocycles. The summed E-state index contributed by atoms with van der Waals surface area (Å²) in [4.78, 5) is 37.5. The Morgan fingerprint density at radius 3 is 2.34 bits per heavy atom. The number of halogens is 5. The van der Waals surface area contributed by atoms with Crippen LogP contribution >= 0.6 is 11.6 Å². The molecular formula is C17H19ClF4N4O5S. The normalized spacial score (nSPS) is 18.0. The molecule has 178 valence electrons. The molecule has 0 aromatic heterocycles. The van der Waals surface area contributed by atoms with Crippen LogP contribution in [0.2, 0.25) is 5.02 Å². The van der Waals surface area contributed by atoms with Crippen molar-refractivity contribution in [2.75, 3.05) is 25.5 Å². The van der Waals surface area contributed by atoms with E-state index in [2.05, 4.69) is 0 Å². The zero-order chi connectivity index (χ0) is 24.8. The molecule has 0 radical (unpaired) electrons. The second-order valence-corrected chi connectivity index (χ2v) is 9.36. The van der Waals surface area contributed by atoms with E-state index in [-0.39, 0.29) is 4.90 Å². The van der Waals surface area contributed by atoms with Crippen LogP contribution in [0.3, 0.4) is 0 Å². The van der Waals surface area contributed by atoms with Crippen LogP contribution in [-0.4, -0.2) is 74.2 Å². The van der Waals surface area contributed by atoms with Crippen LogP contribution in [0.15, 0.2) is 12.1 Å². The third kappa shape index (κ3) is 4.96. The smallest absolute Gasteiger partial charge is 0.309 e. The van der Waals surface area contributed by atoms with E-state index in [1.807, 2.05) is 0 Å². The average Bonchev–Trinajstić information content (AvgIpc) is 2.62. The van der Waals surface area contributed by atoms with Gasteiger partial charge in [-0.15, -0.1) is 0 Å². The van der Waals surface area contributed by atoms with Crippen molar-refractivity contribution >= 4 is 45.2 Å². The SMILES string of the molecule is CC(C)N(C)S(=O)(=O)NC(=O)c1cc(N2CC(=O)C(C(F)(F)F)N(C)C2=O)c(F)cc1Cl. The van der Waals surface area contributed by atoms with Gasteiger partial charge in [0.2, 0.25) is 0 Å². The summed E-state index contributed by atoms with van der Waals surface area (Å²) in [5, 5.41) is -0.525. The van der Waals surface area contributed by atoms with Gasteiger partial charge in [0.1, 0.15) is 5.82 Å². The molecule has 1 fully saturated rings. The number of likely N-dealkylation sites (N-methyl/N-ethyl adjacent to an activating group) is 1. The van der Waals surface area contributed by atoms with E-state index < -0.39 is 74.8 Å². The lowest BCUT2D eigenvalue weighted by molar-refractivity contribution is -0.181. The number of amides is 3. The molecule has 1 aliphatic heterocycles. The molecule has 15 heteroatoms. The molecule has 1 aliphatic rings. The fraction of sp³-hybridized carbons (Fsp3) is 0.471. The number of alkyl halides is 3. The Hall–Kier alpha value is -2.45. The van der Waals surface area contributed by atoms with Gasteiger partial charge in [-0.1, -0.05) is 11.6 Å². The minimum absolute atomic E-state index is 0.0989. The minimum Gasteiger partial charge on any atom is -0.309 e. The first-order valence-corrected chi connectivity index (χ1v) is 10.7. The molecule has 1 unspecified atom stereocenters. The van der Waals surface area contributed by atoms with Gasteiger partial charge in [-0.2, -0.15) is 25.9 Å². The van der Waals surface area contributed by atoms with Gasteiger partial charge in [0.05, 0.1) is 22.8 Å². The lowest BCUT2D eigenvalue weighted by Crippen LogP contribution is -2.63. The van der Waals surface area contributed by atoms with Crippen molar-refractivity contribution in [3.8, 4) is 0 Å². The number of hydrogen-bond acceptors (Lipinski definition) is 5. The fourth-order valence-electron chi connectivity index (χ4n) is 2.86. The molecule has 1 heterocycles. The zero-order valence-corrected chi connectivity index (χ0v) is 18.8. The van der Waals surface area contributed by atoms with Crippen LogP contribution < -0.4 is 9.62 Å². The summed E-state index contributed by atoms with van der Waals surface area (Å²) in [5.41, 5.74) is -1.30. The van der Waals surface area contributed by atoms with Gasteiger partial charge in [-0.25, -0.2) is 13.9 Å². The van der Waals surface area contributed by atoms with Gasteiger partial charge in [0.25, 0.3) is 5.91 Å². The zero-order valence-electron chi connectivity index (χ0n) is 17.2. The Morgan fingerprint density at radius 2 is 1.84 bits per heavy atom. The van der Waals surface area contributed by atoms with Gasteiger partial charge >= 0.3 is 22.4 Å². The molecule has 3 amide bonds. The van der Waals surface area contributed by atoms with Crippen LogP contribution in [0.25, 0.3) is 0 Å². The number of nitrogens with one attached hydrogen (secondary N) is 1. The van der Waals surface area contributed by atoms with Crippen molar-refractivity contribution in [2.24, 2.45) is 0 Å². The summed E-state index contributed by atoms with van der Waals surface area (Å²) >= 11 is 5.84. The van der Waals surface area contributed by atoms with Crippen LogP contribution in [0.1, 0.15) is 24.2 Å². The fourth-order valence-corrected chi connectivity index (χ4v) is 4.14. The highest BCUT2D eigenvalue weighted by Gasteiger charge is 2.53. The van der Waals surface area contributed by atoms with Crippen molar-refractivity contribution in [1.82, 2.24) is 13.9 Å². The summed E-state index contributed by atoms with van der Waals surface area (Å²) in [6, 6.07) is -3.32. The monoisotopic (exact) mass is 502 g/mol. The predicted octanol–water partition coefficient (Wildman–Crippen LogP) is 2.17. The second kappa shape index (κ2) is 8.83. The molecule has 1 atom stereocenters. The van der Waals surface area contributed by atoms with Crippen molar-refractivity contribution in [1.29, 1.82) is 0 Å². The number of anilines is 1. The summed E-state index contributed by atoms with van der Waals surface area (Å²) in [6.07, 6.45) is -5.03. The number of Topliss-reactive ketones (excluding diaryl/α,β-unsaturated/α-hetero) is 1. The van der Waals surface area contributed by atoms with Crippen molar-refractivity contribution in [3.63, 3.8) is 0 Å². The Labute approximate surface area is 186 Å². The number of carbonyl (C=O) groups excluding carboxylic acids is 3. The van der Waals surface area contributed by atoms with E-state index in [4.69, 9.17) is 11.6 Å². The first-order chi connectivity index (χ1) is 14.5. The Balaban J connectivity index is 2.44. The molecule has 1 N–H and O–H groups in total.